The van der Waals surface area contributed by atoms with E-state index >= 15 is 0 Å². The van der Waals surface area contributed by atoms with E-state index in [1.54, 1.807) is 0 Å². The molecule has 0 saturated heterocycles. The van der Waals surface area contributed by atoms with Gasteiger partial charge in [0.05, 0.1) is 5.02 Å². The highest BCUT2D eigenvalue weighted by Gasteiger charge is 2.08. The predicted molar refractivity (Wildman–Crippen MR) is 74.6 cm³/mol. The summed E-state index contributed by atoms with van der Waals surface area (Å²) in [5.74, 6) is 0.896. The number of hydrogen-bond acceptors (Lipinski definition) is 2. The first kappa shape index (κ1) is 15.1. The number of phenols is 1. The Labute approximate surface area is 117 Å². The molecule has 0 heterocycles. The minimum Gasteiger partial charge on any atom is -0.506 e. The zero-order valence-corrected chi connectivity index (χ0v) is 11.8. The molecule has 100 valence electrons. The summed E-state index contributed by atoms with van der Waals surface area (Å²) in [6, 6.07) is 4.40. The van der Waals surface area contributed by atoms with Gasteiger partial charge in [-0.2, -0.15) is 0 Å². The molecule has 5 heteroatoms. The summed E-state index contributed by atoms with van der Waals surface area (Å²) in [4.78, 5) is 11.7. The average Bonchev–Trinajstić information content (AvgIpc) is 2.37. The van der Waals surface area contributed by atoms with Crippen LogP contribution in [0.15, 0.2) is 18.2 Å². The molecule has 1 aromatic carbocycles. The first-order valence-corrected chi connectivity index (χ1v) is 6.78. The molecule has 0 aliphatic carbocycles. The highest BCUT2D eigenvalue weighted by atomic mass is 35.5. The lowest BCUT2D eigenvalue weighted by atomic mass is 10.1. The zero-order chi connectivity index (χ0) is 13.5. The standard InChI is InChI=1S/C13H17Cl2NO2/c1-9(8-14)3-2-6-16-13(18)10-4-5-12(17)11(15)7-10/h4-5,7,9,17H,2-3,6,8H2,1H3,(H,16,18). The Hall–Kier alpha value is -0.930. The molecule has 1 rings (SSSR count). The van der Waals surface area contributed by atoms with Crippen LogP contribution in [0.2, 0.25) is 5.02 Å². The molecule has 1 aromatic rings. The van der Waals surface area contributed by atoms with Crippen LogP contribution in [0.3, 0.4) is 0 Å². The number of phenolic OH excluding ortho intramolecular Hbond substituents is 1. The monoisotopic (exact) mass is 289 g/mol. The van der Waals surface area contributed by atoms with Gasteiger partial charge in [-0.3, -0.25) is 4.79 Å². The van der Waals surface area contributed by atoms with Crippen molar-refractivity contribution in [3.63, 3.8) is 0 Å². The molecular weight excluding hydrogens is 273 g/mol. The van der Waals surface area contributed by atoms with E-state index in [9.17, 15) is 9.90 Å². The van der Waals surface area contributed by atoms with Crippen LogP contribution in [0.4, 0.5) is 0 Å². The number of carbonyl (C=O) groups excluding carboxylic acids is 1. The third kappa shape index (κ3) is 4.75. The maximum atomic E-state index is 11.7. The van der Waals surface area contributed by atoms with Gasteiger partial charge in [0.2, 0.25) is 0 Å². The Morgan fingerprint density at radius 2 is 2.22 bits per heavy atom. The van der Waals surface area contributed by atoms with Crippen molar-refractivity contribution < 1.29 is 9.90 Å². The lowest BCUT2D eigenvalue weighted by molar-refractivity contribution is 0.0952. The zero-order valence-electron chi connectivity index (χ0n) is 10.2. The SMILES string of the molecule is CC(CCl)CCCNC(=O)c1ccc(O)c(Cl)c1. The van der Waals surface area contributed by atoms with Crippen molar-refractivity contribution in [2.75, 3.05) is 12.4 Å². The van der Waals surface area contributed by atoms with E-state index in [4.69, 9.17) is 23.2 Å². The quantitative estimate of drug-likeness (QED) is 0.623. The van der Waals surface area contributed by atoms with Crippen LogP contribution in [0.1, 0.15) is 30.1 Å². The average molecular weight is 290 g/mol. The van der Waals surface area contributed by atoms with Crippen LogP contribution in [0.5, 0.6) is 5.75 Å². The van der Waals surface area contributed by atoms with Gasteiger partial charge in [0.15, 0.2) is 0 Å². The smallest absolute Gasteiger partial charge is 0.251 e. The van der Waals surface area contributed by atoms with Crippen molar-refractivity contribution in [3.05, 3.63) is 28.8 Å². The normalized spacial score (nSPS) is 12.2. The number of benzene rings is 1. The van der Waals surface area contributed by atoms with E-state index in [2.05, 4.69) is 12.2 Å². The lowest BCUT2D eigenvalue weighted by Crippen LogP contribution is -2.24. The molecule has 0 fully saturated rings. The molecule has 2 N–H and O–H groups in total. The number of carbonyl (C=O) groups is 1. The minimum atomic E-state index is -0.185. The second kappa shape index (κ2) is 7.49. The summed E-state index contributed by atoms with van der Waals surface area (Å²) in [5.41, 5.74) is 0.447. The molecule has 1 atom stereocenters. The molecule has 0 aliphatic heterocycles. The first-order chi connectivity index (χ1) is 8.54. The van der Waals surface area contributed by atoms with Gasteiger partial charge in [-0.1, -0.05) is 18.5 Å². The lowest BCUT2D eigenvalue weighted by Gasteiger charge is -2.08. The van der Waals surface area contributed by atoms with Crippen LogP contribution in [-0.4, -0.2) is 23.4 Å². The van der Waals surface area contributed by atoms with Gasteiger partial charge in [0.25, 0.3) is 5.91 Å². The molecule has 0 aliphatic rings. The Kier molecular flexibility index (Phi) is 6.30. The number of rotatable bonds is 6. The molecule has 0 aromatic heterocycles. The van der Waals surface area contributed by atoms with E-state index in [-0.39, 0.29) is 16.7 Å². The van der Waals surface area contributed by atoms with E-state index in [0.29, 0.717) is 23.9 Å². The highest BCUT2D eigenvalue weighted by molar-refractivity contribution is 6.32. The van der Waals surface area contributed by atoms with Crippen molar-refractivity contribution in [2.45, 2.75) is 19.8 Å². The van der Waals surface area contributed by atoms with Gasteiger partial charge in [-0.05, 0) is 37.0 Å². The van der Waals surface area contributed by atoms with Crippen molar-refractivity contribution in [1.29, 1.82) is 0 Å². The third-order valence-electron chi connectivity index (χ3n) is 2.63. The molecule has 0 spiro atoms. The number of amides is 1. The van der Waals surface area contributed by atoms with Crippen molar-refractivity contribution in [3.8, 4) is 5.75 Å². The number of alkyl halides is 1. The Balaban J connectivity index is 2.39. The predicted octanol–water partition coefficient (Wildman–Crippen LogP) is 3.43. The van der Waals surface area contributed by atoms with E-state index in [1.807, 2.05) is 0 Å². The fraction of sp³-hybridized carbons (Fsp3) is 0.462. The van der Waals surface area contributed by atoms with Gasteiger partial charge in [0, 0.05) is 18.0 Å². The van der Waals surface area contributed by atoms with Gasteiger partial charge >= 0.3 is 0 Å². The number of hydrogen-bond donors (Lipinski definition) is 2. The van der Waals surface area contributed by atoms with Crippen molar-refractivity contribution >= 4 is 29.1 Å². The van der Waals surface area contributed by atoms with Gasteiger partial charge in [0.1, 0.15) is 5.75 Å². The molecule has 0 radical (unpaired) electrons. The van der Waals surface area contributed by atoms with Crippen LogP contribution >= 0.6 is 23.2 Å². The number of nitrogens with one attached hydrogen (secondary N) is 1. The molecule has 0 saturated carbocycles. The number of halogens is 2. The highest BCUT2D eigenvalue weighted by Crippen LogP contribution is 2.23. The van der Waals surface area contributed by atoms with Crippen LogP contribution in [0, 0.1) is 5.92 Å². The molecule has 3 nitrogen and oxygen atoms in total. The summed E-state index contributed by atoms with van der Waals surface area (Å²) in [5, 5.41) is 12.2. The van der Waals surface area contributed by atoms with Gasteiger partial charge in [-0.15, -0.1) is 11.6 Å². The molecule has 18 heavy (non-hydrogen) atoms. The summed E-state index contributed by atoms with van der Waals surface area (Å²) in [6.45, 7) is 2.69. The Bertz CT molecular complexity index is 410. The number of aromatic hydroxyl groups is 1. The van der Waals surface area contributed by atoms with E-state index < -0.39 is 0 Å². The largest absolute Gasteiger partial charge is 0.506 e. The Morgan fingerprint density at radius 3 is 2.83 bits per heavy atom. The maximum absolute atomic E-state index is 11.7. The summed E-state index contributed by atoms with van der Waals surface area (Å²) < 4.78 is 0. The van der Waals surface area contributed by atoms with E-state index in [0.717, 1.165) is 12.8 Å². The van der Waals surface area contributed by atoms with E-state index in [1.165, 1.54) is 18.2 Å². The summed E-state index contributed by atoms with van der Waals surface area (Å²) >= 11 is 11.4. The summed E-state index contributed by atoms with van der Waals surface area (Å²) in [6.07, 6.45) is 1.88. The molecular formula is C13H17Cl2NO2. The van der Waals surface area contributed by atoms with Crippen LogP contribution in [-0.2, 0) is 0 Å². The topological polar surface area (TPSA) is 49.3 Å². The van der Waals surface area contributed by atoms with Crippen molar-refractivity contribution in [1.82, 2.24) is 5.32 Å². The second-order valence-electron chi connectivity index (χ2n) is 4.32. The first-order valence-electron chi connectivity index (χ1n) is 5.87. The van der Waals surface area contributed by atoms with Crippen LogP contribution in [0.25, 0.3) is 0 Å². The van der Waals surface area contributed by atoms with Crippen LogP contribution < -0.4 is 5.32 Å². The van der Waals surface area contributed by atoms with Crippen molar-refractivity contribution in [2.24, 2.45) is 5.92 Å². The molecule has 1 amide bonds. The maximum Gasteiger partial charge on any atom is 0.251 e. The summed E-state index contributed by atoms with van der Waals surface area (Å²) in [7, 11) is 0. The van der Waals surface area contributed by atoms with Gasteiger partial charge in [-0.25, -0.2) is 0 Å². The van der Waals surface area contributed by atoms with Gasteiger partial charge < -0.3 is 10.4 Å². The fourth-order valence-corrected chi connectivity index (χ4v) is 1.81. The molecule has 0 bridgehead atoms. The second-order valence-corrected chi connectivity index (χ2v) is 5.04. The Morgan fingerprint density at radius 1 is 1.50 bits per heavy atom. The third-order valence-corrected chi connectivity index (χ3v) is 3.46. The minimum absolute atomic E-state index is 0.0239. The molecule has 1 unspecified atom stereocenters. The fourth-order valence-electron chi connectivity index (χ4n) is 1.48.